The molecule has 1 N–H and O–H groups in total. The number of ether oxygens (including phenoxy) is 1. The van der Waals surface area contributed by atoms with Crippen molar-refractivity contribution < 1.29 is 17.9 Å². The third-order valence-corrected chi connectivity index (χ3v) is 6.98. The number of fused-ring (bicyclic) bond motifs is 2. The molecule has 0 aromatic heterocycles. The molecular weight excluding hydrogens is 414 g/mol. The van der Waals surface area contributed by atoms with Gasteiger partial charge in [-0.2, -0.15) is 0 Å². The first-order valence-electron chi connectivity index (χ1n) is 10.8. The highest BCUT2D eigenvalue weighted by Crippen LogP contribution is 2.33. The van der Waals surface area contributed by atoms with Crippen LogP contribution in [0.15, 0.2) is 48.5 Å². The maximum Gasteiger partial charge on any atom is 0.261 e. The van der Waals surface area contributed by atoms with Crippen LogP contribution in [0.4, 0.5) is 11.4 Å². The molecule has 4 rings (SSSR count). The van der Waals surface area contributed by atoms with E-state index in [2.05, 4.69) is 34.5 Å². The maximum absolute atomic E-state index is 12.7. The van der Waals surface area contributed by atoms with Crippen LogP contribution in [0.3, 0.4) is 0 Å². The maximum atomic E-state index is 12.7. The van der Waals surface area contributed by atoms with Gasteiger partial charge in [0.05, 0.1) is 11.9 Å². The normalized spacial score (nSPS) is 18.4. The zero-order valence-corrected chi connectivity index (χ0v) is 18.6. The van der Waals surface area contributed by atoms with E-state index in [0.717, 1.165) is 32.4 Å². The molecular formula is C23H29N3O4S. The molecule has 0 fully saturated rings. The first-order valence-corrected chi connectivity index (χ1v) is 12.6. The van der Waals surface area contributed by atoms with Crippen LogP contribution in [0.5, 0.6) is 5.75 Å². The standard InChI is InChI=1S/C23H29N3O4S/c1-31(28,29)26-17-13-22(30-21-12-5-4-11-20(21)26)23(27)24-14-7-16-25-15-6-9-18-8-2-3-10-19(18)25/h2-5,8,10-12,22H,6-7,9,13-17H2,1H3,(H,24,27)/t22-/m1/s1. The molecule has 2 aliphatic rings. The van der Waals surface area contributed by atoms with Gasteiger partial charge in [-0.15, -0.1) is 0 Å². The Morgan fingerprint density at radius 1 is 1.10 bits per heavy atom. The molecule has 2 aromatic rings. The van der Waals surface area contributed by atoms with Crippen molar-refractivity contribution in [1.29, 1.82) is 0 Å². The predicted molar refractivity (Wildman–Crippen MR) is 122 cm³/mol. The number of carbonyl (C=O) groups excluding carboxylic acids is 1. The minimum Gasteiger partial charge on any atom is -0.478 e. The van der Waals surface area contributed by atoms with E-state index in [9.17, 15) is 13.2 Å². The van der Waals surface area contributed by atoms with Crippen LogP contribution in [0, 0.1) is 0 Å². The molecule has 1 amide bonds. The van der Waals surface area contributed by atoms with Gasteiger partial charge in [0.1, 0.15) is 5.75 Å². The number of benzene rings is 2. The lowest BCUT2D eigenvalue weighted by molar-refractivity contribution is -0.128. The molecule has 0 aliphatic carbocycles. The van der Waals surface area contributed by atoms with Gasteiger partial charge in [0.15, 0.2) is 6.10 Å². The smallest absolute Gasteiger partial charge is 0.261 e. The molecule has 0 saturated carbocycles. The van der Waals surface area contributed by atoms with Gasteiger partial charge in [-0.1, -0.05) is 30.3 Å². The van der Waals surface area contributed by atoms with Crippen LogP contribution >= 0.6 is 0 Å². The van der Waals surface area contributed by atoms with Crippen LogP contribution in [-0.2, 0) is 21.2 Å². The SMILES string of the molecule is CS(=O)(=O)N1CC[C@H](C(=O)NCCCN2CCCc3ccccc32)Oc2ccccc21. The molecule has 7 nitrogen and oxygen atoms in total. The fourth-order valence-corrected chi connectivity index (χ4v) is 5.24. The van der Waals surface area contributed by atoms with Gasteiger partial charge in [-0.25, -0.2) is 8.42 Å². The van der Waals surface area contributed by atoms with Crippen molar-refractivity contribution in [3.8, 4) is 5.75 Å². The monoisotopic (exact) mass is 443 g/mol. The van der Waals surface area contributed by atoms with Gasteiger partial charge in [0, 0.05) is 38.3 Å². The molecule has 0 bridgehead atoms. The molecule has 0 unspecified atom stereocenters. The fraction of sp³-hybridized carbons (Fsp3) is 0.435. The summed E-state index contributed by atoms with van der Waals surface area (Å²) >= 11 is 0. The second-order valence-corrected chi connectivity index (χ2v) is 9.97. The van der Waals surface area contributed by atoms with E-state index in [1.54, 1.807) is 24.3 Å². The molecule has 166 valence electrons. The highest BCUT2D eigenvalue weighted by molar-refractivity contribution is 7.92. The van der Waals surface area contributed by atoms with Gasteiger partial charge in [0.25, 0.3) is 5.91 Å². The summed E-state index contributed by atoms with van der Waals surface area (Å²) in [4.78, 5) is 15.1. The number of nitrogens with one attached hydrogen (secondary N) is 1. The Kier molecular flexibility index (Phi) is 6.36. The second-order valence-electron chi connectivity index (χ2n) is 8.06. The summed E-state index contributed by atoms with van der Waals surface area (Å²) in [6, 6.07) is 15.4. The number of hydrogen-bond donors (Lipinski definition) is 1. The molecule has 8 heteroatoms. The van der Waals surface area contributed by atoms with Crippen LogP contribution in [0.2, 0.25) is 0 Å². The summed E-state index contributed by atoms with van der Waals surface area (Å²) in [5.41, 5.74) is 3.16. The summed E-state index contributed by atoms with van der Waals surface area (Å²) in [5, 5.41) is 2.97. The van der Waals surface area contributed by atoms with Crippen molar-refractivity contribution >= 4 is 27.3 Å². The highest BCUT2D eigenvalue weighted by atomic mass is 32.2. The number of hydrogen-bond acceptors (Lipinski definition) is 5. The number of aryl methyl sites for hydroxylation is 1. The fourth-order valence-electron chi connectivity index (χ4n) is 4.30. The quantitative estimate of drug-likeness (QED) is 0.695. The third kappa shape index (κ3) is 4.95. The van der Waals surface area contributed by atoms with Gasteiger partial charge in [-0.05, 0) is 43.0 Å². The van der Waals surface area contributed by atoms with Gasteiger partial charge < -0.3 is 15.0 Å². The van der Waals surface area contributed by atoms with Gasteiger partial charge in [0.2, 0.25) is 10.0 Å². The molecule has 2 heterocycles. The topological polar surface area (TPSA) is 79.0 Å². The molecule has 0 spiro atoms. The van der Waals surface area contributed by atoms with Crippen molar-refractivity contribution in [2.75, 3.05) is 41.6 Å². The van der Waals surface area contributed by atoms with Gasteiger partial charge >= 0.3 is 0 Å². The Labute approximate surface area is 184 Å². The summed E-state index contributed by atoms with van der Waals surface area (Å²) in [6.45, 7) is 2.68. The predicted octanol–water partition coefficient (Wildman–Crippen LogP) is 2.56. The number of rotatable bonds is 6. The van der Waals surface area contributed by atoms with Crippen LogP contribution in [0.25, 0.3) is 0 Å². The largest absolute Gasteiger partial charge is 0.478 e. The number of carbonyl (C=O) groups is 1. The van der Waals surface area contributed by atoms with E-state index >= 15 is 0 Å². The minimum absolute atomic E-state index is 0.204. The first kappa shape index (κ1) is 21.5. The number of anilines is 2. The lowest BCUT2D eigenvalue weighted by atomic mass is 10.0. The van der Waals surface area contributed by atoms with Crippen molar-refractivity contribution in [1.82, 2.24) is 5.32 Å². The van der Waals surface area contributed by atoms with E-state index in [1.165, 1.54) is 21.8 Å². The molecule has 2 aliphatic heterocycles. The van der Waals surface area contributed by atoms with Crippen LogP contribution < -0.4 is 19.3 Å². The zero-order chi connectivity index (χ0) is 21.8. The Hall–Kier alpha value is -2.74. The Morgan fingerprint density at radius 2 is 1.84 bits per heavy atom. The summed E-state index contributed by atoms with van der Waals surface area (Å²) in [7, 11) is -3.45. The first-order chi connectivity index (χ1) is 14.9. The summed E-state index contributed by atoms with van der Waals surface area (Å²) in [5.74, 6) is 0.208. The van der Waals surface area contributed by atoms with Gasteiger partial charge in [-0.3, -0.25) is 9.10 Å². The average molecular weight is 444 g/mol. The van der Waals surface area contributed by atoms with E-state index < -0.39 is 16.1 Å². The molecule has 1 atom stereocenters. The molecule has 0 radical (unpaired) electrons. The Morgan fingerprint density at radius 3 is 2.65 bits per heavy atom. The number of amides is 1. The third-order valence-electron chi connectivity index (χ3n) is 5.80. The lowest BCUT2D eigenvalue weighted by Crippen LogP contribution is -2.41. The highest BCUT2D eigenvalue weighted by Gasteiger charge is 2.30. The van der Waals surface area contributed by atoms with Crippen molar-refractivity contribution in [3.05, 3.63) is 54.1 Å². The van der Waals surface area contributed by atoms with Crippen molar-refractivity contribution in [2.24, 2.45) is 0 Å². The van der Waals surface area contributed by atoms with Crippen LogP contribution in [0.1, 0.15) is 24.8 Å². The van der Waals surface area contributed by atoms with Crippen molar-refractivity contribution in [3.63, 3.8) is 0 Å². The number of sulfonamides is 1. The van der Waals surface area contributed by atoms with E-state index in [1.807, 2.05) is 0 Å². The molecule has 2 aromatic carbocycles. The Balaban J connectivity index is 1.33. The summed E-state index contributed by atoms with van der Waals surface area (Å²) < 4.78 is 31.6. The van der Waals surface area contributed by atoms with E-state index in [0.29, 0.717) is 24.4 Å². The zero-order valence-electron chi connectivity index (χ0n) is 17.8. The minimum atomic E-state index is -3.45. The van der Waals surface area contributed by atoms with E-state index in [-0.39, 0.29) is 12.5 Å². The molecule has 0 saturated heterocycles. The molecule has 31 heavy (non-hydrogen) atoms. The van der Waals surface area contributed by atoms with Crippen molar-refractivity contribution in [2.45, 2.75) is 31.8 Å². The Bertz CT molecular complexity index is 1040. The number of para-hydroxylation sites is 3. The summed E-state index contributed by atoms with van der Waals surface area (Å²) in [6.07, 6.45) is 3.85. The average Bonchev–Trinajstić information content (AvgIpc) is 2.96. The van der Waals surface area contributed by atoms with E-state index in [4.69, 9.17) is 4.74 Å². The van der Waals surface area contributed by atoms with Crippen LogP contribution in [-0.4, -0.2) is 52.9 Å². The second kappa shape index (κ2) is 9.18. The number of nitrogens with zero attached hydrogens (tertiary/aromatic N) is 2. The lowest BCUT2D eigenvalue weighted by Gasteiger charge is -2.31.